The molecule has 2 aliphatic rings. The first-order valence-electron chi connectivity index (χ1n) is 9.55. The zero-order chi connectivity index (χ0) is 17.1. The lowest BCUT2D eigenvalue weighted by molar-refractivity contribution is -0.126. The van der Waals surface area contributed by atoms with Crippen molar-refractivity contribution < 1.29 is 4.79 Å². The molecule has 1 aromatic heterocycles. The molecule has 0 radical (unpaired) electrons. The van der Waals surface area contributed by atoms with Crippen LogP contribution in [0, 0.1) is 5.92 Å². The van der Waals surface area contributed by atoms with Crippen LogP contribution in [0.15, 0.2) is 30.3 Å². The summed E-state index contributed by atoms with van der Waals surface area (Å²) in [6, 6.07) is 10.6. The molecule has 0 spiro atoms. The minimum Gasteiger partial charge on any atom is -0.351 e. The summed E-state index contributed by atoms with van der Waals surface area (Å²) in [5.41, 5.74) is 1.24. The maximum Gasteiger partial charge on any atom is 0.223 e. The van der Waals surface area contributed by atoms with Crippen molar-refractivity contribution in [3.63, 3.8) is 0 Å². The van der Waals surface area contributed by atoms with E-state index < -0.39 is 0 Å². The van der Waals surface area contributed by atoms with E-state index in [1.54, 1.807) is 0 Å². The molecule has 0 saturated heterocycles. The topological polar surface area (TPSA) is 59.8 Å². The highest BCUT2D eigenvalue weighted by molar-refractivity contribution is 5.79. The Labute approximate surface area is 148 Å². The molecule has 1 amide bonds. The Bertz CT molecular complexity index is 719. The zero-order valence-electron chi connectivity index (χ0n) is 14.7. The third-order valence-electron chi connectivity index (χ3n) is 5.55. The first kappa shape index (κ1) is 16.3. The van der Waals surface area contributed by atoms with Crippen LogP contribution < -0.4 is 5.32 Å². The molecule has 132 valence electrons. The van der Waals surface area contributed by atoms with Crippen molar-refractivity contribution in [1.82, 2.24) is 20.1 Å². The summed E-state index contributed by atoms with van der Waals surface area (Å²) in [5, 5.41) is 12.0. The van der Waals surface area contributed by atoms with Crippen LogP contribution in [0.25, 0.3) is 0 Å². The molecule has 2 heterocycles. The Hall–Kier alpha value is -2.17. The molecule has 1 aliphatic heterocycles. The highest BCUT2D eigenvalue weighted by atomic mass is 16.1. The SMILES string of the molecule is O=C(NC1CCc2nnc(Cc3ccccc3)n2C1)C1CCCCC1. The van der Waals surface area contributed by atoms with E-state index in [0.29, 0.717) is 0 Å². The predicted molar refractivity (Wildman–Crippen MR) is 96.1 cm³/mol. The van der Waals surface area contributed by atoms with E-state index in [-0.39, 0.29) is 17.9 Å². The normalized spacial score (nSPS) is 20.9. The highest BCUT2D eigenvalue weighted by Crippen LogP contribution is 2.24. The van der Waals surface area contributed by atoms with Gasteiger partial charge in [-0.05, 0) is 24.8 Å². The lowest BCUT2D eigenvalue weighted by Crippen LogP contribution is -2.44. The number of nitrogens with one attached hydrogen (secondary N) is 1. The zero-order valence-corrected chi connectivity index (χ0v) is 14.7. The Morgan fingerprint density at radius 3 is 2.68 bits per heavy atom. The van der Waals surface area contributed by atoms with Gasteiger partial charge in [-0.3, -0.25) is 4.79 Å². The van der Waals surface area contributed by atoms with Gasteiger partial charge in [0.1, 0.15) is 11.6 Å². The number of carbonyl (C=O) groups excluding carboxylic acids is 1. The van der Waals surface area contributed by atoms with Crippen LogP contribution in [0.1, 0.15) is 55.7 Å². The van der Waals surface area contributed by atoms with Gasteiger partial charge in [0, 0.05) is 31.3 Å². The van der Waals surface area contributed by atoms with Gasteiger partial charge in [-0.15, -0.1) is 10.2 Å². The second kappa shape index (κ2) is 7.38. The minimum atomic E-state index is 0.201. The van der Waals surface area contributed by atoms with Gasteiger partial charge in [0.15, 0.2) is 0 Å². The number of fused-ring (bicyclic) bond motifs is 1. The Kier molecular flexibility index (Phi) is 4.81. The lowest BCUT2D eigenvalue weighted by Gasteiger charge is -2.28. The third-order valence-corrected chi connectivity index (χ3v) is 5.55. The molecule has 1 unspecified atom stereocenters. The van der Waals surface area contributed by atoms with Crippen LogP contribution in [-0.2, 0) is 24.2 Å². The van der Waals surface area contributed by atoms with Gasteiger partial charge in [0.2, 0.25) is 5.91 Å². The van der Waals surface area contributed by atoms with Gasteiger partial charge in [0.25, 0.3) is 0 Å². The molecule has 25 heavy (non-hydrogen) atoms. The summed E-state index contributed by atoms with van der Waals surface area (Å²) in [6.07, 6.45) is 8.40. The number of amides is 1. The molecule has 1 N–H and O–H groups in total. The van der Waals surface area contributed by atoms with E-state index in [4.69, 9.17) is 0 Å². The van der Waals surface area contributed by atoms with Crippen molar-refractivity contribution in [1.29, 1.82) is 0 Å². The largest absolute Gasteiger partial charge is 0.351 e. The van der Waals surface area contributed by atoms with Gasteiger partial charge in [-0.25, -0.2) is 0 Å². The lowest BCUT2D eigenvalue weighted by atomic mass is 9.88. The number of carbonyl (C=O) groups is 1. The molecule has 5 nitrogen and oxygen atoms in total. The first-order valence-corrected chi connectivity index (χ1v) is 9.55. The highest BCUT2D eigenvalue weighted by Gasteiger charge is 2.27. The monoisotopic (exact) mass is 338 g/mol. The minimum absolute atomic E-state index is 0.201. The maximum absolute atomic E-state index is 12.5. The van der Waals surface area contributed by atoms with Gasteiger partial charge in [0.05, 0.1) is 0 Å². The molecule has 1 atom stereocenters. The Balaban J connectivity index is 1.41. The van der Waals surface area contributed by atoms with Crippen LogP contribution in [0.5, 0.6) is 0 Å². The van der Waals surface area contributed by atoms with E-state index >= 15 is 0 Å². The maximum atomic E-state index is 12.5. The fourth-order valence-electron chi connectivity index (χ4n) is 4.09. The molecule has 1 saturated carbocycles. The molecule has 1 fully saturated rings. The van der Waals surface area contributed by atoms with Crippen LogP contribution in [-0.4, -0.2) is 26.7 Å². The van der Waals surface area contributed by atoms with Gasteiger partial charge >= 0.3 is 0 Å². The number of hydrogen-bond donors (Lipinski definition) is 1. The van der Waals surface area contributed by atoms with Crippen molar-refractivity contribution in [2.24, 2.45) is 5.92 Å². The van der Waals surface area contributed by atoms with Crippen LogP contribution in [0.2, 0.25) is 0 Å². The average Bonchev–Trinajstić information content (AvgIpc) is 3.05. The fourth-order valence-corrected chi connectivity index (χ4v) is 4.09. The molecule has 4 rings (SSSR count). The van der Waals surface area contributed by atoms with Crippen molar-refractivity contribution in [2.75, 3.05) is 0 Å². The second-order valence-electron chi connectivity index (χ2n) is 7.38. The van der Waals surface area contributed by atoms with Gasteiger partial charge in [-0.1, -0.05) is 49.6 Å². The fraction of sp³-hybridized carbons (Fsp3) is 0.550. The third kappa shape index (κ3) is 3.75. The van der Waals surface area contributed by atoms with Gasteiger partial charge in [-0.2, -0.15) is 0 Å². The Morgan fingerprint density at radius 1 is 1.08 bits per heavy atom. The number of nitrogens with zero attached hydrogens (tertiary/aromatic N) is 3. The van der Waals surface area contributed by atoms with Crippen molar-refractivity contribution >= 4 is 5.91 Å². The van der Waals surface area contributed by atoms with Crippen LogP contribution in [0.3, 0.4) is 0 Å². The number of aromatic nitrogens is 3. The summed E-state index contributed by atoms with van der Waals surface area (Å²) in [5.74, 6) is 2.53. The van der Waals surface area contributed by atoms with E-state index in [1.165, 1.54) is 24.8 Å². The second-order valence-corrected chi connectivity index (χ2v) is 7.38. The van der Waals surface area contributed by atoms with Crippen LogP contribution in [0.4, 0.5) is 0 Å². The first-order chi connectivity index (χ1) is 12.3. The summed E-state index contributed by atoms with van der Waals surface area (Å²) >= 11 is 0. The average molecular weight is 338 g/mol. The van der Waals surface area contributed by atoms with E-state index in [0.717, 1.165) is 50.3 Å². The number of hydrogen-bond acceptors (Lipinski definition) is 3. The Morgan fingerprint density at radius 2 is 1.88 bits per heavy atom. The summed E-state index contributed by atoms with van der Waals surface area (Å²) in [6.45, 7) is 0.795. The van der Waals surface area contributed by atoms with Crippen molar-refractivity contribution in [3.05, 3.63) is 47.5 Å². The molecule has 1 aliphatic carbocycles. The molecule has 0 bridgehead atoms. The summed E-state index contributed by atoms with van der Waals surface area (Å²) in [4.78, 5) is 12.5. The molecule has 2 aromatic rings. The quantitative estimate of drug-likeness (QED) is 0.932. The van der Waals surface area contributed by atoms with Crippen molar-refractivity contribution in [2.45, 2.75) is 64.0 Å². The van der Waals surface area contributed by atoms with E-state index in [9.17, 15) is 4.79 Å². The van der Waals surface area contributed by atoms with E-state index in [1.807, 2.05) is 6.07 Å². The number of aryl methyl sites for hydroxylation is 1. The number of rotatable bonds is 4. The predicted octanol–water partition coefficient (Wildman–Crippen LogP) is 2.88. The molecular weight excluding hydrogens is 312 g/mol. The van der Waals surface area contributed by atoms with E-state index in [2.05, 4.69) is 44.3 Å². The number of benzene rings is 1. The molecule has 5 heteroatoms. The standard InChI is InChI=1S/C20H26N4O/c25-20(16-9-5-2-6-10-16)21-17-11-12-18-22-23-19(24(18)14-17)13-15-7-3-1-4-8-15/h1,3-4,7-8,16-17H,2,5-6,9-14H2,(H,21,25). The van der Waals surface area contributed by atoms with Crippen LogP contribution >= 0.6 is 0 Å². The van der Waals surface area contributed by atoms with Crippen molar-refractivity contribution in [3.8, 4) is 0 Å². The molecular formula is C20H26N4O. The molecule has 1 aromatic carbocycles. The van der Waals surface area contributed by atoms with Gasteiger partial charge < -0.3 is 9.88 Å². The smallest absolute Gasteiger partial charge is 0.223 e. The summed E-state index contributed by atoms with van der Waals surface area (Å²) < 4.78 is 2.21. The summed E-state index contributed by atoms with van der Waals surface area (Å²) in [7, 11) is 0.